The Hall–Kier alpha value is -1.71. The first-order valence-corrected chi connectivity index (χ1v) is 5.39. The molecular weight excluding hydrogens is 218 g/mol. The summed E-state index contributed by atoms with van der Waals surface area (Å²) in [5, 5.41) is 12.2. The van der Waals surface area contributed by atoms with E-state index in [-0.39, 0.29) is 5.41 Å². The standard InChI is InChI=1S/C13H19NO3/c1-9(14-15)13(2,3)10-6-7-11(16-4)12(8-10)17-5/h6-8,15H,1-5H3/b14-9-. The smallest absolute Gasteiger partial charge is 0.161 e. The number of nitrogens with zero attached hydrogens (tertiary/aromatic N) is 1. The molecule has 0 aliphatic rings. The van der Waals surface area contributed by atoms with Gasteiger partial charge in [0.15, 0.2) is 11.5 Å². The minimum absolute atomic E-state index is 0.353. The maximum atomic E-state index is 8.89. The van der Waals surface area contributed by atoms with Gasteiger partial charge in [-0.25, -0.2) is 0 Å². The summed E-state index contributed by atoms with van der Waals surface area (Å²) in [6.45, 7) is 5.77. The van der Waals surface area contributed by atoms with Crippen LogP contribution in [0.15, 0.2) is 23.4 Å². The van der Waals surface area contributed by atoms with Crippen molar-refractivity contribution >= 4 is 5.71 Å². The molecular formula is C13H19NO3. The van der Waals surface area contributed by atoms with Gasteiger partial charge in [-0.2, -0.15) is 0 Å². The zero-order chi connectivity index (χ0) is 13.1. The van der Waals surface area contributed by atoms with Gasteiger partial charge in [-0.1, -0.05) is 25.1 Å². The lowest BCUT2D eigenvalue weighted by atomic mass is 9.80. The van der Waals surface area contributed by atoms with Crippen molar-refractivity contribution in [3.8, 4) is 11.5 Å². The van der Waals surface area contributed by atoms with E-state index in [0.29, 0.717) is 17.2 Å². The Bertz CT molecular complexity index is 425. The molecule has 0 bridgehead atoms. The monoisotopic (exact) mass is 237 g/mol. The highest BCUT2D eigenvalue weighted by molar-refractivity contribution is 5.91. The average Bonchev–Trinajstić information content (AvgIpc) is 2.36. The second kappa shape index (κ2) is 5.08. The molecule has 0 saturated carbocycles. The van der Waals surface area contributed by atoms with Crippen LogP contribution >= 0.6 is 0 Å². The molecule has 0 aromatic heterocycles. The van der Waals surface area contributed by atoms with Crippen LogP contribution in [-0.4, -0.2) is 25.1 Å². The molecule has 0 spiro atoms. The molecule has 4 nitrogen and oxygen atoms in total. The molecule has 17 heavy (non-hydrogen) atoms. The fourth-order valence-electron chi connectivity index (χ4n) is 1.56. The largest absolute Gasteiger partial charge is 0.493 e. The van der Waals surface area contributed by atoms with E-state index in [4.69, 9.17) is 14.7 Å². The third-order valence-corrected chi connectivity index (χ3v) is 3.16. The number of ether oxygens (including phenoxy) is 2. The van der Waals surface area contributed by atoms with Crippen LogP contribution in [0.5, 0.6) is 11.5 Å². The first-order chi connectivity index (χ1) is 7.97. The maximum absolute atomic E-state index is 8.89. The van der Waals surface area contributed by atoms with Crippen LogP contribution in [0.1, 0.15) is 26.3 Å². The van der Waals surface area contributed by atoms with Crippen molar-refractivity contribution in [2.24, 2.45) is 5.16 Å². The second-order valence-electron chi connectivity index (χ2n) is 4.38. The van der Waals surface area contributed by atoms with Gasteiger partial charge in [0.25, 0.3) is 0 Å². The molecule has 0 aliphatic carbocycles. The van der Waals surface area contributed by atoms with Crippen LogP contribution in [0.2, 0.25) is 0 Å². The average molecular weight is 237 g/mol. The van der Waals surface area contributed by atoms with Gasteiger partial charge in [-0.15, -0.1) is 0 Å². The topological polar surface area (TPSA) is 51.0 Å². The Morgan fingerprint density at radius 3 is 2.24 bits per heavy atom. The zero-order valence-electron chi connectivity index (χ0n) is 10.9. The molecule has 0 heterocycles. The van der Waals surface area contributed by atoms with Crippen LogP contribution < -0.4 is 9.47 Å². The van der Waals surface area contributed by atoms with Gasteiger partial charge < -0.3 is 14.7 Å². The maximum Gasteiger partial charge on any atom is 0.161 e. The molecule has 94 valence electrons. The van der Waals surface area contributed by atoms with Crippen molar-refractivity contribution in [3.63, 3.8) is 0 Å². The van der Waals surface area contributed by atoms with Crippen LogP contribution in [0.25, 0.3) is 0 Å². The van der Waals surface area contributed by atoms with E-state index in [1.165, 1.54) is 0 Å². The van der Waals surface area contributed by atoms with Crippen LogP contribution in [0, 0.1) is 0 Å². The first kappa shape index (κ1) is 13.4. The van der Waals surface area contributed by atoms with Gasteiger partial charge in [0.05, 0.1) is 19.9 Å². The normalized spacial score (nSPS) is 12.4. The molecule has 1 aromatic carbocycles. The molecule has 4 heteroatoms. The van der Waals surface area contributed by atoms with Crippen molar-refractivity contribution in [1.82, 2.24) is 0 Å². The lowest BCUT2D eigenvalue weighted by Crippen LogP contribution is -2.26. The molecule has 0 atom stereocenters. The number of hydrogen-bond donors (Lipinski definition) is 1. The van der Waals surface area contributed by atoms with E-state index in [2.05, 4.69) is 5.16 Å². The number of hydrogen-bond acceptors (Lipinski definition) is 4. The van der Waals surface area contributed by atoms with Crippen molar-refractivity contribution in [3.05, 3.63) is 23.8 Å². The number of benzene rings is 1. The molecule has 1 rings (SSSR count). The Morgan fingerprint density at radius 2 is 1.76 bits per heavy atom. The third-order valence-electron chi connectivity index (χ3n) is 3.16. The van der Waals surface area contributed by atoms with Gasteiger partial charge >= 0.3 is 0 Å². The zero-order valence-corrected chi connectivity index (χ0v) is 10.9. The highest BCUT2D eigenvalue weighted by Gasteiger charge is 2.26. The van der Waals surface area contributed by atoms with Crippen LogP contribution in [-0.2, 0) is 5.41 Å². The van der Waals surface area contributed by atoms with Crippen molar-refractivity contribution in [1.29, 1.82) is 0 Å². The highest BCUT2D eigenvalue weighted by atomic mass is 16.5. The fourth-order valence-corrected chi connectivity index (χ4v) is 1.56. The van der Waals surface area contributed by atoms with Crippen LogP contribution in [0.4, 0.5) is 0 Å². The minimum atomic E-state index is -0.353. The molecule has 0 fully saturated rings. The van der Waals surface area contributed by atoms with E-state index >= 15 is 0 Å². The van der Waals surface area contributed by atoms with Gasteiger partial charge in [0, 0.05) is 5.41 Å². The Morgan fingerprint density at radius 1 is 1.18 bits per heavy atom. The van der Waals surface area contributed by atoms with E-state index in [9.17, 15) is 0 Å². The lowest BCUT2D eigenvalue weighted by molar-refractivity contribution is 0.313. The summed E-state index contributed by atoms with van der Waals surface area (Å²) in [6.07, 6.45) is 0. The second-order valence-corrected chi connectivity index (χ2v) is 4.38. The summed E-state index contributed by atoms with van der Waals surface area (Å²) < 4.78 is 10.4. The van der Waals surface area contributed by atoms with Crippen molar-refractivity contribution in [2.45, 2.75) is 26.2 Å². The molecule has 0 unspecified atom stereocenters. The fraction of sp³-hybridized carbons (Fsp3) is 0.462. The first-order valence-electron chi connectivity index (χ1n) is 5.39. The summed E-state index contributed by atoms with van der Waals surface area (Å²) in [5.41, 5.74) is 1.30. The summed E-state index contributed by atoms with van der Waals surface area (Å²) in [6, 6.07) is 5.68. The number of rotatable bonds is 4. The third kappa shape index (κ3) is 2.52. The molecule has 0 saturated heterocycles. The quantitative estimate of drug-likeness (QED) is 0.497. The summed E-state index contributed by atoms with van der Waals surface area (Å²) in [5.74, 6) is 1.36. The highest BCUT2D eigenvalue weighted by Crippen LogP contribution is 2.33. The summed E-state index contributed by atoms with van der Waals surface area (Å²) in [4.78, 5) is 0. The predicted molar refractivity (Wildman–Crippen MR) is 67.5 cm³/mol. The Kier molecular flexibility index (Phi) is 3.99. The van der Waals surface area contributed by atoms with Crippen LogP contribution in [0.3, 0.4) is 0 Å². The lowest BCUT2D eigenvalue weighted by Gasteiger charge is -2.25. The van der Waals surface area contributed by atoms with Crippen molar-refractivity contribution < 1.29 is 14.7 Å². The number of methoxy groups -OCH3 is 2. The molecule has 1 N–H and O–H groups in total. The minimum Gasteiger partial charge on any atom is -0.493 e. The molecule has 0 amide bonds. The number of oxime groups is 1. The van der Waals surface area contributed by atoms with E-state index in [1.807, 2.05) is 32.0 Å². The van der Waals surface area contributed by atoms with E-state index < -0.39 is 0 Å². The summed E-state index contributed by atoms with van der Waals surface area (Å²) in [7, 11) is 3.20. The van der Waals surface area contributed by atoms with Gasteiger partial charge in [0.2, 0.25) is 0 Å². The van der Waals surface area contributed by atoms with Gasteiger partial charge in [-0.3, -0.25) is 0 Å². The molecule has 0 radical (unpaired) electrons. The summed E-state index contributed by atoms with van der Waals surface area (Å²) >= 11 is 0. The SMILES string of the molecule is COc1ccc(C(C)(C)/C(C)=N\O)cc1OC. The molecule has 0 aliphatic heterocycles. The van der Waals surface area contributed by atoms with E-state index in [0.717, 1.165) is 5.56 Å². The van der Waals surface area contributed by atoms with Crippen molar-refractivity contribution in [2.75, 3.05) is 14.2 Å². The van der Waals surface area contributed by atoms with Gasteiger partial charge in [0.1, 0.15) is 0 Å². The Balaban J connectivity index is 3.24. The predicted octanol–water partition coefficient (Wildman–Crippen LogP) is 2.83. The molecule has 1 aromatic rings. The Labute approximate surface area is 102 Å². The van der Waals surface area contributed by atoms with Gasteiger partial charge in [-0.05, 0) is 24.6 Å². The van der Waals surface area contributed by atoms with E-state index in [1.54, 1.807) is 21.1 Å².